The van der Waals surface area contributed by atoms with E-state index in [1.54, 1.807) is 0 Å². The van der Waals surface area contributed by atoms with Crippen LogP contribution in [0.4, 0.5) is 0 Å². The molecule has 0 amide bonds. The minimum absolute atomic E-state index is 0.107. The predicted octanol–water partition coefficient (Wildman–Crippen LogP) is -6.14. The molecule has 0 bridgehead atoms. The normalized spacial score (nSPS) is 44.7. The van der Waals surface area contributed by atoms with E-state index in [4.69, 9.17) is 34.2 Å². The van der Waals surface area contributed by atoms with Crippen LogP contribution in [0.25, 0.3) is 0 Å². The van der Waals surface area contributed by atoms with Crippen LogP contribution in [0.15, 0.2) is 0 Å². The van der Waals surface area contributed by atoms with E-state index in [2.05, 4.69) is 0 Å². The topological polar surface area (TPSA) is 307 Å². The number of nitrogens with zero attached hydrogens (tertiary/aromatic N) is 1. The van der Waals surface area contributed by atoms with E-state index in [0.29, 0.717) is 13.0 Å². The molecule has 3 rings (SSSR count). The van der Waals surface area contributed by atoms with Gasteiger partial charge in [-0.3, -0.25) is 10.1 Å². The molecule has 246 valence electrons. The van der Waals surface area contributed by atoms with Crippen molar-refractivity contribution in [3.8, 4) is 0 Å². The summed E-state index contributed by atoms with van der Waals surface area (Å²) in [6, 6.07) is 0. The van der Waals surface area contributed by atoms with Crippen LogP contribution in [-0.2, 0) is 28.4 Å². The molecule has 19 heteroatoms. The zero-order chi connectivity index (χ0) is 31.1. The number of ether oxygens (including phenoxy) is 6. The van der Waals surface area contributed by atoms with Crippen molar-refractivity contribution < 1.29 is 79.3 Å². The van der Waals surface area contributed by atoms with Gasteiger partial charge in [0.05, 0.1) is 13.2 Å². The second-order valence-electron chi connectivity index (χ2n) is 10.4. The van der Waals surface area contributed by atoms with Gasteiger partial charge in [0, 0.05) is 11.5 Å². The number of nitro groups is 1. The summed E-state index contributed by atoms with van der Waals surface area (Å²) in [6.07, 6.45) is -23.5. The number of hydrogen-bond acceptors (Lipinski definition) is 18. The lowest BCUT2D eigenvalue weighted by Crippen LogP contribution is -2.66. The fraction of sp³-hybridized carbons (Fsp3) is 1.00. The van der Waals surface area contributed by atoms with Gasteiger partial charge in [-0.2, -0.15) is 0 Å². The Hall–Kier alpha value is -1.24. The Bertz CT molecular complexity index is 826. The molecule has 0 aromatic rings. The fourth-order valence-electron chi connectivity index (χ4n) is 4.95. The maximum Gasteiger partial charge on any atom is 0.232 e. The molecule has 15 atom stereocenters. The highest BCUT2D eigenvalue weighted by Crippen LogP contribution is 2.32. The van der Waals surface area contributed by atoms with Gasteiger partial charge in [0.25, 0.3) is 0 Å². The van der Waals surface area contributed by atoms with Crippen molar-refractivity contribution in [2.45, 2.75) is 111 Å². The van der Waals surface area contributed by atoms with Gasteiger partial charge in [-0.1, -0.05) is 0 Å². The van der Waals surface area contributed by atoms with Crippen LogP contribution in [0.5, 0.6) is 0 Å². The van der Waals surface area contributed by atoms with Crippen LogP contribution in [0.2, 0.25) is 0 Å². The number of unbranched alkanes of at least 4 members (excludes halogenated alkanes) is 2. The van der Waals surface area contributed by atoms with Crippen LogP contribution in [0, 0.1) is 10.1 Å². The highest BCUT2D eigenvalue weighted by molar-refractivity contribution is 4.96. The third-order valence-corrected chi connectivity index (χ3v) is 7.35. The number of nitrogens with two attached hydrogens (primary N) is 1. The summed E-state index contributed by atoms with van der Waals surface area (Å²) in [6.45, 7) is -1.95. The molecule has 19 nitrogen and oxygen atoms in total. The molecule has 3 heterocycles. The Kier molecular flexibility index (Phi) is 13.6. The van der Waals surface area contributed by atoms with Gasteiger partial charge in [-0.15, -0.1) is 0 Å². The molecule has 42 heavy (non-hydrogen) atoms. The zero-order valence-corrected chi connectivity index (χ0v) is 22.6. The molecule has 0 spiro atoms. The van der Waals surface area contributed by atoms with E-state index in [9.17, 15) is 56.1 Å². The Balaban J connectivity index is 1.69. The Morgan fingerprint density at radius 2 is 1.14 bits per heavy atom. The SMILES string of the molecule is NCCCCCO[C@@H]1OC(C[N+](=O)[O-])[C@@H](O[C@@H]2OC(CO)[C@H](O[C@H]3OC(CO)[C@H](O)C(O)C3O)C(O)C2O)C(O)C1O. The van der Waals surface area contributed by atoms with Gasteiger partial charge in [-0.05, 0) is 25.8 Å². The summed E-state index contributed by atoms with van der Waals surface area (Å²) >= 11 is 0. The smallest absolute Gasteiger partial charge is 0.232 e. The second kappa shape index (κ2) is 16.2. The summed E-state index contributed by atoms with van der Waals surface area (Å²) in [5.41, 5.74) is 5.44. The highest BCUT2D eigenvalue weighted by Gasteiger charge is 2.54. The lowest BCUT2D eigenvalue weighted by Gasteiger charge is -2.47. The summed E-state index contributed by atoms with van der Waals surface area (Å²) < 4.78 is 32.8. The average molecular weight is 619 g/mol. The lowest BCUT2D eigenvalue weighted by molar-refractivity contribution is -0.505. The molecule has 0 radical (unpaired) electrons. The first-order valence-corrected chi connectivity index (χ1v) is 13.6. The third-order valence-electron chi connectivity index (χ3n) is 7.35. The van der Waals surface area contributed by atoms with Gasteiger partial charge in [0.15, 0.2) is 25.0 Å². The van der Waals surface area contributed by atoms with Gasteiger partial charge in [-0.25, -0.2) is 0 Å². The highest BCUT2D eigenvalue weighted by atomic mass is 16.8. The molecule has 3 aliphatic rings. The van der Waals surface area contributed by atoms with Crippen molar-refractivity contribution >= 4 is 0 Å². The molecule has 0 saturated carbocycles. The van der Waals surface area contributed by atoms with E-state index >= 15 is 0 Å². The molecule has 0 aliphatic carbocycles. The van der Waals surface area contributed by atoms with E-state index in [1.807, 2.05) is 0 Å². The van der Waals surface area contributed by atoms with Gasteiger partial charge < -0.3 is 80.1 Å². The molecular formula is C23H42N2O17. The summed E-state index contributed by atoms with van der Waals surface area (Å²) in [5, 5.41) is 104. The fourth-order valence-corrected chi connectivity index (χ4v) is 4.95. The molecule has 3 fully saturated rings. The van der Waals surface area contributed by atoms with Crippen LogP contribution < -0.4 is 5.73 Å². The van der Waals surface area contributed by atoms with Crippen LogP contribution in [0.3, 0.4) is 0 Å². The maximum atomic E-state index is 11.3. The summed E-state index contributed by atoms with van der Waals surface area (Å²) in [4.78, 5) is 10.6. The Labute approximate surface area is 240 Å². The van der Waals surface area contributed by atoms with E-state index in [0.717, 1.165) is 12.8 Å². The number of hydrogen-bond donors (Lipinski definition) is 10. The van der Waals surface area contributed by atoms with Crippen molar-refractivity contribution in [2.75, 3.05) is 32.9 Å². The predicted molar refractivity (Wildman–Crippen MR) is 133 cm³/mol. The van der Waals surface area contributed by atoms with Crippen molar-refractivity contribution in [3.63, 3.8) is 0 Å². The largest absolute Gasteiger partial charge is 0.394 e. The first-order valence-electron chi connectivity index (χ1n) is 13.6. The number of rotatable bonds is 14. The maximum absolute atomic E-state index is 11.3. The van der Waals surface area contributed by atoms with Crippen molar-refractivity contribution in [1.29, 1.82) is 0 Å². The van der Waals surface area contributed by atoms with Gasteiger partial charge >= 0.3 is 0 Å². The van der Waals surface area contributed by atoms with Crippen molar-refractivity contribution in [2.24, 2.45) is 5.73 Å². The molecule has 0 aromatic carbocycles. The molecular weight excluding hydrogens is 576 g/mol. The molecule has 11 N–H and O–H groups in total. The monoisotopic (exact) mass is 618 g/mol. The molecule has 9 unspecified atom stereocenters. The molecule has 3 aliphatic heterocycles. The average Bonchev–Trinajstić information content (AvgIpc) is 2.96. The van der Waals surface area contributed by atoms with E-state index in [-0.39, 0.29) is 6.61 Å². The Morgan fingerprint density at radius 1 is 0.643 bits per heavy atom. The first-order chi connectivity index (χ1) is 19.9. The van der Waals surface area contributed by atoms with Gasteiger partial charge in [0.2, 0.25) is 6.54 Å². The first kappa shape index (κ1) is 35.2. The van der Waals surface area contributed by atoms with Crippen molar-refractivity contribution in [1.82, 2.24) is 0 Å². The van der Waals surface area contributed by atoms with Crippen LogP contribution in [-0.4, -0.2) is 176 Å². The quantitative estimate of drug-likeness (QED) is 0.0492. The van der Waals surface area contributed by atoms with E-state index in [1.165, 1.54) is 0 Å². The van der Waals surface area contributed by atoms with Crippen molar-refractivity contribution in [3.05, 3.63) is 10.1 Å². The van der Waals surface area contributed by atoms with Crippen LogP contribution in [0.1, 0.15) is 19.3 Å². The molecule has 0 aromatic heterocycles. The van der Waals surface area contributed by atoms with Gasteiger partial charge in [0.1, 0.15) is 67.1 Å². The van der Waals surface area contributed by atoms with Crippen LogP contribution >= 0.6 is 0 Å². The number of aliphatic hydroxyl groups excluding tert-OH is 9. The minimum atomic E-state index is -1.99. The number of aliphatic hydroxyl groups is 9. The third kappa shape index (κ3) is 8.27. The Morgan fingerprint density at radius 3 is 1.69 bits per heavy atom. The zero-order valence-electron chi connectivity index (χ0n) is 22.6. The summed E-state index contributed by atoms with van der Waals surface area (Å²) in [5.74, 6) is 0. The minimum Gasteiger partial charge on any atom is -0.394 e. The second-order valence-corrected chi connectivity index (χ2v) is 10.4. The summed E-state index contributed by atoms with van der Waals surface area (Å²) in [7, 11) is 0. The lowest BCUT2D eigenvalue weighted by atomic mass is 9.96. The standard InChI is InChI=1S/C23H42N2O17/c24-4-2-1-3-5-37-21-17(33)14(30)19(9(38-21)6-25(35)36)41-23-18(34)15(31)20(11(8-27)40-23)42-22-16(32)13(29)12(28)10(7-26)39-22/h9-23,26-34H,1-8,24H2/t9?,10?,11?,12-,13?,14?,15?,16?,17?,18?,19+,20-,21+,22+,23-/m0/s1. The van der Waals surface area contributed by atoms with E-state index < -0.39 is 117 Å². The molecule has 3 saturated heterocycles.